The van der Waals surface area contributed by atoms with Crippen molar-refractivity contribution in [1.29, 1.82) is 0 Å². The fourth-order valence-corrected chi connectivity index (χ4v) is 3.52. The Bertz CT molecular complexity index is 1350. The van der Waals surface area contributed by atoms with Crippen molar-refractivity contribution in [3.8, 4) is 17.2 Å². The molecule has 9 nitrogen and oxygen atoms in total. The number of methoxy groups -OCH3 is 2. The number of hydrogen-bond donors (Lipinski definition) is 2. The van der Waals surface area contributed by atoms with E-state index in [0.717, 1.165) is 0 Å². The third-order valence-electron chi connectivity index (χ3n) is 4.89. The summed E-state index contributed by atoms with van der Waals surface area (Å²) in [7, 11) is 2.95. The highest BCUT2D eigenvalue weighted by Gasteiger charge is 2.16. The van der Waals surface area contributed by atoms with Gasteiger partial charge in [-0.05, 0) is 61.0 Å². The molecule has 0 aliphatic carbocycles. The van der Waals surface area contributed by atoms with Crippen LogP contribution in [0.2, 0.25) is 5.02 Å². The quantitative estimate of drug-likeness (QED) is 0.139. The number of hydrazone groups is 1. The van der Waals surface area contributed by atoms with Gasteiger partial charge in [0.15, 0.2) is 11.5 Å². The third-order valence-corrected chi connectivity index (χ3v) is 5.79. The Morgan fingerprint density at radius 2 is 1.67 bits per heavy atom. The predicted molar refractivity (Wildman–Crippen MR) is 139 cm³/mol. The molecule has 36 heavy (non-hydrogen) atoms. The van der Waals surface area contributed by atoms with Gasteiger partial charge in [0.05, 0.1) is 26.0 Å². The average molecular weight is 575 g/mol. The van der Waals surface area contributed by atoms with Gasteiger partial charge in [-0.2, -0.15) is 5.10 Å². The number of carbonyl (C=O) groups is 3. The monoisotopic (exact) mass is 573 g/mol. The Morgan fingerprint density at radius 3 is 2.39 bits per heavy atom. The standard InChI is InChI=1S/C25H21BrClN3O6/c1-14-18(27)5-4-6-19(14)29-23(31)24(32)30-28-13-16-11-17(26)8-10-20(16)36-25(33)15-7-9-21(34-2)22(12-15)35-3/h4-13H,1-3H3,(H,29,31)(H,30,32)/b28-13+. The molecule has 2 N–H and O–H groups in total. The van der Waals surface area contributed by atoms with Crippen LogP contribution in [0, 0.1) is 6.92 Å². The molecule has 0 radical (unpaired) electrons. The van der Waals surface area contributed by atoms with E-state index in [2.05, 4.69) is 31.8 Å². The van der Waals surface area contributed by atoms with E-state index in [1.165, 1.54) is 32.6 Å². The van der Waals surface area contributed by atoms with Crippen molar-refractivity contribution in [3.05, 3.63) is 80.8 Å². The molecule has 186 valence electrons. The van der Waals surface area contributed by atoms with Crippen molar-refractivity contribution in [2.75, 3.05) is 19.5 Å². The van der Waals surface area contributed by atoms with E-state index in [1.54, 1.807) is 49.4 Å². The van der Waals surface area contributed by atoms with Gasteiger partial charge in [0, 0.05) is 20.7 Å². The molecule has 0 aromatic heterocycles. The minimum absolute atomic E-state index is 0.176. The van der Waals surface area contributed by atoms with Crippen LogP contribution in [0.1, 0.15) is 21.5 Å². The topological polar surface area (TPSA) is 115 Å². The zero-order chi connectivity index (χ0) is 26.2. The molecular formula is C25H21BrClN3O6. The van der Waals surface area contributed by atoms with Crippen molar-refractivity contribution < 1.29 is 28.6 Å². The Kier molecular flexibility index (Phi) is 9.04. The van der Waals surface area contributed by atoms with Crippen LogP contribution < -0.4 is 25.0 Å². The number of ether oxygens (including phenoxy) is 3. The molecule has 0 aliphatic rings. The number of rotatable bonds is 7. The van der Waals surface area contributed by atoms with Crippen molar-refractivity contribution in [1.82, 2.24) is 5.43 Å². The summed E-state index contributed by atoms with van der Waals surface area (Å²) in [5.41, 5.74) is 3.77. The Morgan fingerprint density at radius 1 is 0.944 bits per heavy atom. The number of anilines is 1. The van der Waals surface area contributed by atoms with Crippen LogP contribution >= 0.6 is 27.5 Å². The maximum absolute atomic E-state index is 12.7. The van der Waals surface area contributed by atoms with Crippen LogP contribution in [0.5, 0.6) is 17.2 Å². The highest BCUT2D eigenvalue weighted by Crippen LogP contribution is 2.29. The third kappa shape index (κ3) is 6.61. The minimum atomic E-state index is -0.996. The van der Waals surface area contributed by atoms with Crippen LogP contribution in [0.25, 0.3) is 0 Å². The first kappa shape index (κ1) is 26.7. The molecule has 0 fully saturated rings. The number of carbonyl (C=O) groups excluding carboxylic acids is 3. The van der Waals surface area contributed by atoms with Crippen LogP contribution in [-0.2, 0) is 9.59 Å². The molecule has 3 aromatic rings. The molecule has 0 unspecified atom stereocenters. The van der Waals surface area contributed by atoms with Crippen LogP contribution in [-0.4, -0.2) is 38.2 Å². The number of nitrogens with one attached hydrogen (secondary N) is 2. The van der Waals surface area contributed by atoms with E-state index in [1.807, 2.05) is 0 Å². The van der Waals surface area contributed by atoms with Gasteiger partial charge in [-0.25, -0.2) is 10.2 Å². The second kappa shape index (κ2) is 12.2. The lowest BCUT2D eigenvalue weighted by atomic mass is 10.2. The Balaban J connectivity index is 1.70. The fraction of sp³-hybridized carbons (Fsp3) is 0.120. The largest absolute Gasteiger partial charge is 0.493 e. The van der Waals surface area contributed by atoms with Gasteiger partial charge in [-0.1, -0.05) is 33.6 Å². The fourth-order valence-electron chi connectivity index (χ4n) is 2.97. The summed E-state index contributed by atoms with van der Waals surface area (Å²) < 4.78 is 16.6. The van der Waals surface area contributed by atoms with E-state index < -0.39 is 17.8 Å². The van der Waals surface area contributed by atoms with Crippen LogP contribution in [0.3, 0.4) is 0 Å². The molecule has 3 aromatic carbocycles. The van der Waals surface area contributed by atoms with E-state index in [0.29, 0.717) is 37.8 Å². The Labute approximate surface area is 220 Å². The predicted octanol–water partition coefficient (Wildman–Crippen LogP) is 4.74. The lowest BCUT2D eigenvalue weighted by Gasteiger charge is -2.11. The van der Waals surface area contributed by atoms with E-state index in [4.69, 9.17) is 25.8 Å². The van der Waals surface area contributed by atoms with Gasteiger partial charge in [0.2, 0.25) is 0 Å². The maximum Gasteiger partial charge on any atom is 0.343 e. The van der Waals surface area contributed by atoms with Crippen molar-refractivity contribution >= 4 is 57.2 Å². The second-order valence-electron chi connectivity index (χ2n) is 7.21. The van der Waals surface area contributed by atoms with E-state index >= 15 is 0 Å². The molecule has 0 spiro atoms. The number of nitrogens with zero attached hydrogens (tertiary/aromatic N) is 1. The number of hydrogen-bond acceptors (Lipinski definition) is 7. The van der Waals surface area contributed by atoms with Gasteiger partial charge in [0.1, 0.15) is 5.75 Å². The first-order valence-electron chi connectivity index (χ1n) is 10.4. The van der Waals surface area contributed by atoms with Crippen molar-refractivity contribution in [2.24, 2.45) is 5.10 Å². The number of esters is 1. The normalized spacial score (nSPS) is 10.6. The first-order chi connectivity index (χ1) is 17.2. The zero-order valence-corrected chi connectivity index (χ0v) is 21.8. The summed E-state index contributed by atoms with van der Waals surface area (Å²) in [6.07, 6.45) is 1.25. The molecule has 2 amide bonds. The van der Waals surface area contributed by atoms with Gasteiger partial charge in [0.25, 0.3) is 0 Å². The van der Waals surface area contributed by atoms with Gasteiger partial charge < -0.3 is 19.5 Å². The highest BCUT2D eigenvalue weighted by atomic mass is 79.9. The Hall–Kier alpha value is -3.89. The van der Waals surface area contributed by atoms with Crippen LogP contribution in [0.15, 0.2) is 64.2 Å². The first-order valence-corrected chi connectivity index (χ1v) is 11.5. The summed E-state index contributed by atoms with van der Waals surface area (Å²) in [5, 5.41) is 6.75. The smallest absolute Gasteiger partial charge is 0.343 e. The van der Waals surface area contributed by atoms with E-state index in [9.17, 15) is 14.4 Å². The van der Waals surface area contributed by atoms with Gasteiger partial charge in [-0.3, -0.25) is 9.59 Å². The maximum atomic E-state index is 12.7. The summed E-state index contributed by atoms with van der Waals surface area (Å²) in [5.74, 6) is -1.55. The van der Waals surface area contributed by atoms with E-state index in [-0.39, 0.29) is 11.3 Å². The lowest BCUT2D eigenvalue weighted by molar-refractivity contribution is -0.136. The summed E-state index contributed by atoms with van der Waals surface area (Å²) >= 11 is 9.37. The molecule has 11 heteroatoms. The second-order valence-corrected chi connectivity index (χ2v) is 8.53. The molecule has 0 bridgehead atoms. The van der Waals surface area contributed by atoms with Crippen molar-refractivity contribution in [2.45, 2.75) is 6.92 Å². The van der Waals surface area contributed by atoms with Gasteiger partial charge >= 0.3 is 17.8 Å². The molecule has 0 atom stereocenters. The highest BCUT2D eigenvalue weighted by molar-refractivity contribution is 9.10. The summed E-state index contributed by atoms with van der Waals surface area (Å²) in [6.45, 7) is 1.71. The summed E-state index contributed by atoms with van der Waals surface area (Å²) in [4.78, 5) is 37.1. The molecular weight excluding hydrogens is 554 g/mol. The average Bonchev–Trinajstić information content (AvgIpc) is 2.87. The number of halogens is 2. The molecule has 0 heterocycles. The molecule has 0 saturated heterocycles. The lowest BCUT2D eigenvalue weighted by Crippen LogP contribution is -2.32. The molecule has 3 rings (SSSR count). The van der Waals surface area contributed by atoms with Gasteiger partial charge in [-0.15, -0.1) is 0 Å². The summed E-state index contributed by atoms with van der Waals surface area (Å²) in [6, 6.07) is 14.4. The molecule has 0 aliphatic heterocycles. The number of benzene rings is 3. The zero-order valence-electron chi connectivity index (χ0n) is 19.4. The molecule has 0 saturated carbocycles. The number of amides is 2. The van der Waals surface area contributed by atoms with Crippen molar-refractivity contribution in [3.63, 3.8) is 0 Å². The van der Waals surface area contributed by atoms with Crippen LogP contribution in [0.4, 0.5) is 5.69 Å². The SMILES string of the molecule is COc1ccc(C(=O)Oc2ccc(Br)cc2/C=N/NC(=O)C(=O)Nc2cccc(Cl)c2C)cc1OC. The minimum Gasteiger partial charge on any atom is -0.493 e.